The van der Waals surface area contributed by atoms with Crippen molar-refractivity contribution in [2.45, 2.75) is 32.8 Å². The van der Waals surface area contributed by atoms with E-state index in [1.807, 2.05) is 13.8 Å². The number of aromatic nitrogens is 1. The number of sulfonamides is 1. The van der Waals surface area contributed by atoms with Crippen molar-refractivity contribution in [3.63, 3.8) is 0 Å². The summed E-state index contributed by atoms with van der Waals surface area (Å²) in [5, 5.41) is 6.65. The Morgan fingerprint density at radius 1 is 1.43 bits per heavy atom. The van der Waals surface area contributed by atoms with Gasteiger partial charge in [-0.15, -0.1) is 0 Å². The van der Waals surface area contributed by atoms with Crippen LogP contribution in [0, 0.1) is 13.8 Å². The molecule has 130 valence electrons. The summed E-state index contributed by atoms with van der Waals surface area (Å²) in [4.78, 5) is 11.9. The van der Waals surface area contributed by atoms with Crippen LogP contribution >= 0.6 is 0 Å². The summed E-state index contributed by atoms with van der Waals surface area (Å²) in [6, 6.07) is 0. The van der Waals surface area contributed by atoms with E-state index in [2.05, 4.69) is 10.5 Å². The molecule has 1 N–H and O–H groups in total. The molecule has 1 aliphatic rings. The Morgan fingerprint density at radius 2 is 2.17 bits per heavy atom. The zero-order valence-electron chi connectivity index (χ0n) is 13.7. The van der Waals surface area contributed by atoms with Crippen LogP contribution < -0.4 is 5.32 Å². The molecule has 1 atom stereocenters. The molecule has 0 aromatic carbocycles. The van der Waals surface area contributed by atoms with E-state index in [1.54, 1.807) is 0 Å². The predicted octanol–water partition coefficient (Wildman–Crippen LogP) is 0.000640. The van der Waals surface area contributed by atoms with Crippen LogP contribution in [0.2, 0.25) is 0 Å². The number of carbonyl (C=O) groups excluding carboxylic acids is 1. The van der Waals surface area contributed by atoms with Gasteiger partial charge in [-0.2, -0.15) is 4.31 Å². The maximum Gasteiger partial charge on any atom is 0.220 e. The molecule has 0 radical (unpaired) electrons. The number of amides is 1. The van der Waals surface area contributed by atoms with Crippen molar-refractivity contribution in [1.29, 1.82) is 0 Å². The van der Waals surface area contributed by atoms with Gasteiger partial charge < -0.3 is 14.6 Å². The van der Waals surface area contributed by atoms with Crippen molar-refractivity contribution in [3.05, 3.63) is 17.0 Å². The topological polar surface area (TPSA) is 102 Å². The Labute approximate surface area is 136 Å². The van der Waals surface area contributed by atoms with E-state index in [-0.39, 0.29) is 18.6 Å². The van der Waals surface area contributed by atoms with Crippen molar-refractivity contribution in [1.82, 2.24) is 14.8 Å². The summed E-state index contributed by atoms with van der Waals surface area (Å²) >= 11 is 0. The summed E-state index contributed by atoms with van der Waals surface area (Å²) < 4.78 is 35.0. The van der Waals surface area contributed by atoms with Crippen molar-refractivity contribution < 1.29 is 22.5 Å². The molecule has 1 aromatic heterocycles. The molecular formula is C14H23N3O5S. The molecule has 0 bridgehead atoms. The molecule has 2 rings (SSSR count). The van der Waals surface area contributed by atoms with Gasteiger partial charge in [-0.3, -0.25) is 4.79 Å². The third-order valence-corrected chi connectivity index (χ3v) is 5.15. The highest BCUT2D eigenvalue weighted by atomic mass is 32.2. The van der Waals surface area contributed by atoms with E-state index < -0.39 is 10.0 Å². The Hall–Kier alpha value is -1.45. The minimum Gasteiger partial charge on any atom is -0.374 e. The van der Waals surface area contributed by atoms with E-state index in [4.69, 9.17) is 9.26 Å². The van der Waals surface area contributed by atoms with E-state index in [9.17, 15) is 13.2 Å². The molecule has 0 unspecified atom stereocenters. The van der Waals surface area contributed by atoms with Gasteiger partial charge in [-0.1, -0.05) is 5.16 Å². The Morgan fingerprint density at radius 3 is 2.78 bits per heavy atom. The van der Waals surface area contributed by atoms with Crippen molar-refractivity contribution in [3.8, 4) is 0 Å². The normalized spacial score (nSPS) is 19.7. The fraction of sp³-hybridized carbons (Fsp3) is 0.714. The van der Waals surface area contributed by atoms with Crippen LogP contribution in [0.25, 0.3) is 0 Å². The van der Waals surface area contributed by atoms with Gasteiger partial charge in [0.15, 0.2) is 0 Å². The fourth-order valence-corrected chi connectivity index (χ4v) is 3.37. The molecule has 23 heavy (non-hydrogen) atoms. The largest absolute Gasteiger partial charge is 0.374 e. The monoisotopic (exact) mass is 345 g/mol. The molecule has 0 saturated carbocycles. The fourth-order valence-electron chi connectivity index (χ4n) is 2.53. The van der Waals surface area contributed by atoms with Gasteiger partial charge >= 0.3 is 0 Å². The average Bonchev–Trinajstić information content (AvgIpc) is 2.81. The highest BCUT2D eigenvalue weighted by Gasteiger charge is 2.26. The van der Waals surface area contributed by atoms with Gasteiger partial charge in [0.25, 0.3) is 0 Å². The summed E-state index contributed by atoms with van der Waals surface area (Å²) in [6.07, 6.45) is 1.75. The lowest BCUT2D eigenvalue weighted by molar-refractivity contribution is -0.122. The standard InChI is InChI=1S/C14H23N3O5S/c1-10-13(11(2)22-16-10)4-5-14(18)15-8-12-9-17(6-7-21-12)23(3,19)20/h12H,4-9H2,1-3H3,(H,15,18)/t12-/m1/s1. The number of nitrogens with one attached hydrogen (secondary N) is 1. The van der Waals surface area contributed by atoms with E-state index in [1.165, 1.54) is 10.6 Å². The molecule has 1 amide bonds. The second-order valence-electron chi connectivity index (χ2n) is 5.72. The minimum absolute atomic E-state index is 0.106. The first-order valence-electron chi connectivity index (χ1n) is 7.52. The van der Waals surface area contributed by atoms with Crippen LogP contribution in [0.15, 0.2) is 4.52 Å². The molecule has 0 aliphatic carbocycles. The average molecular weight is 345 g/mol. The second-order valence-corrected chi connectivity index (χ2v) is 7.70. The van der Waals surface area contributed by atoms with Gasteiger partial charge in [-0.05, 0) is 20.3 Å². The second kappa shape index (κ2) is 7.41. The maximum absolute atomic E-state index is 11.9. The number of hydrogen-bond donors (Lipinski definition) is 1. The number of morpholine rings is 1. The van der Waals surface area contributed by atoms with Gasteiger partial charge in [0, 0.05) is 31.6 Å². The lowest BCUT2D eigenvalue weighted by Gasteiger charge is -2.31. The number of hydrogen-bond acceptors (Lipinski definition) is 6. The summed E-state index contributed by atoms with van der Waals surface area (Å²) in [5.41, 5.74) is 1.76. The number of ether oxygens (including phenoxy) is 1. The molecule has 1 aliphatic heterocycles. The lowest BCUT2D eigenvalue weighted by atomic mass is 10.1. The van der Waals surface area contributed by atoms with Gasteiger partial charge in [0.2, 0.25) is 15.9 Å². The van der Waals surface area contributed by atoms with E-state index in [0.29, 0.717) is 32.5 Å². The molecular weight excluding hydrogens is 322 g/mol. The highest BCUT2D eigenvalue weighted by Crippen LogP contribution is 2.14. The van der Waals surface area contributed by atoms with Crippen molar-refractivity contribution >= 4 is 15.9 Å². The van der Waals surface area contributed by atoms with Crippen LogP contribution in [0.4, 0.5) is 0 Å². The molecule has 1 aromatic rings. The molecule has 1 saturated heterocycles. The number of nitrogens with zero attached hydrogens (tertiary/aromatic N) is 2. The highest BCUT2D eigenvalue weighted by molar-refractivity contribution is 7.88. The quantitative estimate of drug-likeness (QED) is 0.779. The maximum atomic E-state index is 11.9. The number of aryl methyl sites for hydroxylation is 2. The molecule has 0 spiro atoms. The zero-order chi connectivity index (χ0) is 17.0. The Balaban J connectivity index is 1.76. The first-order valence-corrected chi connectivity index (χ1v) is 9.37. The van der Waals surface area contributed by atoms with Gasteiger partial charge in [0.05, 0.1) is 24.7 Å². The van der Waals surface area contributed by atoms with Crippen LogP contribution in [0.5, 0.6) is 0 Å². The first-order chi connectivity index (χ1) is 10.8. The summed E-state index contributed by atoms with van der Waals surface area (Å²) in [7, 11) is -3.22. The number of carbonyl (C=O) groups is 1. The third-order valence-electron chi connectivity index (χ3n) is 3.88. The van der Waals surface area contributed by atoms with Crippen LogP contribution in [0.3, 0.4) is 0 Å². The third kappa shape index (κ3) is 5.02. The van der Waals surface area contributed by atoms with Gasteiger partial charge in [-0.25, -0.2) is 8.42 Å². The molecule has 1 fully saturated rings. The van der Waals surface area contributed by atoms with Crippen molar-refractivity contribution in [2.75, 3.05) is 32.5 Å². The zero-order valence-corrected chi connectivity index (χ0v) is 14.5. The van der Waals surface area contributed by atoms with Crippen molar-refractivity contribution in [2.24, 2.45) is 0 Å². The van der Waals surface area contributed by atoms with E-state index in [0.717, 1.165) is 17.0 Å². The lowest BCUT2D eigenvalue weighted by Crippen LogP contribution is -2.49. The van der Waals surface area contributed by atoms with Crippen LogP contribution in [-0.4, -0.2) is 62.4 Å². The van der Waals surface area contributed by atoms with E-state index >= 15 is 0 Å². The SMILES string of the molecule is Cc1noc(C)c1CCC(=O)NC[C@@H]1CN(S(C)(=O)=O)CCO1. The Bertz CT molecular complexity index is 636. The minimum atomic E-state index is -3.22. The summed E-state index contributed by atoms with van der Waals surface area (Å²) in [6.45, 7) is 4.93. The predicted molar refractivity (Wildman–Crippen MR) is 83.5 cm³/mol. The van der Waals surface area contributed by atoms with Gasteiger partial charge in [0.1, 0.15) is 5.76 Å². The molecule has 9 heteroatoms. The van der Waals surface area contributed by atoms with Crippen LogP contribution in [-0.2, 0) is 26.0 Å². The first kappa shape index (κ1) is 17.9. The molecule has 2 heterocycles. The smallest absolute Gasteiger partial charge is 0.220 e. The Kier molecular flexibility index (Phi) is 5.77. The molecule has 8 nitrogen and oxygen atoms in total. The number of rotatable bonds is 6. The summed E-state index contributed by atoms with van der Waals surface area (Å²) in [5.74, 6) is 0.625. The van der Waals surface area contributed by atoms with Crippen LogP contribution in [0.1, 0.15) is 23.4 Å².